The third kappa shape index (κ3) is 9.66. The Balaban J connectivity index is 1.52. The first-order chi connectivity index (χ1) is 18.6. The van der Waals surface area contributed by atoms with Gasteiger partial charge in [0.1, 0.15) is 22.9 Å². The summed E-state index contributed by atoms with van der Waals surface area (Å²) in [5.74, 6) is 0.657. The van der Waals surface area contributed by atoms with Gasteiger partial charge >= 0.3 is 6.09 Å². The molecule has 0 saturated heterocycles. The molecule has 1 heterocycles. The Morgan fingerprint density at radius 2 is 1.62 bits per heavy atom. The second kappa shape index (κ2) is 13.8. The van der Waals surface area contributed by atoms with E-state index in [9.17, 15) is 14.4 Å². The topological polar surface area (TPSA) is 128 Å². The predicted molar refractivity (Wildman–Crippen MR) is 149 cm³/mol. The molecule has 3 aromatic rings. The molecule has 0 aliphatic rings. The summed E-state index contributed by atoms with van der Waals surface area (Å²) in [5, 5.41) is 8.22. The van der Waals surface area contributed by atoms with Crippen LogP contribution in [0, 0.1) is 0 Å². The summed E-state index contributed by atoms with van der Waals surface area (Å²) in [6.45, 7) is 6.40. The number of nitrogens with zero attached hydrogens (tertiary/aromatic N) is 1. The van der Waals surface area contributed by atoms with E-state index in [0.29, 0.717) is 41.7 Å². The Bertz CT molecular complexity index is 1260. The van der Waals surface area contributed by atoms with Crippen molar-refractivity contribution in [3.8, 4) is 11.5 Å². The van der Waals surface area contributed by atoms with Gasteiger partial charge in [0, 0.05) is 18.3 Å². The Labute approximate surface area is 228 Å². The maximum Gasteiger partial charge on any atom is 0.407 e. The van der Waals surface area contributed by atoms with Crippen LogP contribution in [-0.2, 0) is 4.74 Å². The number of nitrogens with one attached hydrogen (secondary N) is 3. The Morgan fingerprint density at radius 3 is 2.28 bits per heavy atom. The van der Waals surface area contributed by atoms with Crippen molar-refractivity contribution in [1.82, 2.24) is 10.3 Å². The zero-order chi connectivity index (χ0) is 28.3. The zero-order valence-electron chi connectivity index (χ0n) is 22.6. The summed E-state index contributed by atoms with van der Waals surface area (Å²) in [5.41, 5.74) is 0.432. The van der Waals surface area contributed by atoms with E-state index < -0.39 is 17.6 Å². The minimum Gasteiger partial charge on any atom is -0.497 e. The second-order valence-corrected chi connectivity index (χ2v) is 9.54. The first-order valence-corrected chi connectivity index (χ1v) is 12.6. The van der Waals surface area contributed by atoms with Crippen LogP contribution >= 0.6 is 0 Å². The highest BCUT2D eigenvalue weighted by atomic mass is 16.6. The number of hydrogen-bond donors (Lipinski definition) is 3. The number of ether oxygens (including phenoxy) is 3. The molecule has 206 valence electrons. The van der Waals surface area contributed by atoms with E-state index in [1.807, 2.05) is 20.8 Å². The summed E-state index contributed by atoms with van der Waals surface area (Å²) in [7, 11) is 1.50. The van der Waals surface area contributed by atoms with Crippen LogP contribution in [0.5, 0.6) is 11.5 Å². The Hall–Kier alpha value is -4.60. The van der Waals surface area contributed by atoms with Gasteiger partial charge in [0.25, 0.3) is 11.8 Å². The lowest BCUT2D eigenvalue weighted by Gasteiger charge is -2.19. The van der Waals surface area contributed by atoms with Crippen molar-refractivity contribution in [3.63, 3.8) is 0 Å². The standard InChI is InChI=1S/C29H34N4O6/c1-29(2,3)39-28(36)31-17-7-8-18-38-21-12-10-20(11-13-21)26(34)32-24-15-14-22(37-4)19-23(24)27(35)33-25-9-5-6-16-30-25/h5-6,9-16,19H,7-8,17-18H2,1-4H3,(H,31,36)(H,32,34)(H,30,33,35). The molecule has 10 nitrogen and oxygen atoms in total. The SMILES string of the molecule is COc1ccc(NC(=O)c2ccc(OCCCCNC(=O)OC(C)(C)C)cc2)c(C(=O)Nc2ccccn2)c1. The third-order valence-corrected chi connectivity index (χ3v) is 5.25. The van der Waals surface area contributed by atoms with Gasteiger partial charge in [-0.3, -0.25) is 9.59 Å². The van der Waals surface area contributed by atoms with Crippen molar-refractivity contribution in [2.24, 2.45) is 0 Å². The number of benzene rings is 2. The van der Waals surface area contributed by atoms with Crippen molar-refractivity contribution in [3.05, 3.63) is 78.0 Å². The summed E-state index contributed by atoms with van der Waals surface area (Å²) < 4.78 is 16.2. The van der Waals surface area contributed by atoms with Crippen LogP contribution in [0.3, 0.4) is 0 Å². The number of amides is 3. The quantitative estimate of drug-likeness (QED) is 0.286. The maximum absolute atomic E-state index is 12.9. The molecule has 39 heavy (non-hydrogen) atoms. The number of carbonyl (C=O) groups excluding carboxylic acids is 3. The highest BCUT2D eigenvalue weighted by Crippen LogP contribution is 2.24. The molecule has 3 N–H and O–H groups in total. The lowest BCUT2D eigenvalue weighted by atomic mass is 10.1. The number of hydrogen-bond acceptors (Lipinski definition) is 7. The van der Waals surface area contributed by atoms with Crippen LogP contribution in [0.15, 0.2) is 66.9 Å². The molecule has 0 fully saturated rings. The van der Waals surface area contributed by atoms with Crippen molar-refractivity contribution < 1.29 is 28.6 Å². The molecule has 3 amide bonds. The number of unbranched alkanes of at least 4 members (excludes halogenated alkanes) is 1. The number of alkyl carbamates (subject to hydrolysis) is 1. The first-order valence-electron chi connectivity index (χ1n) is 12.6. The smallest absolute Gasteiger partial charge is 0.407 e. The van der Waals surface area contributed by atoms with Crippen molar-refractivity contribution in [2.45, 2.75) is 39.2 Å². The highest BCUT2D eigenvalue weighted by molar-refractivity contribution is 6.12. The predicted octanol–water partition coefficient (Wildman–Crippen LogP) is 5.28. The molecule has 1 aromatic heterocycles. The lowest BCUT2D eigenvalue weighted by Crippen LogP contribution is -2.33. The van der Waals surface area contributed by atoms with E-state index in [2.05, 4.69) is 20.9 Å². The van der Waals surface area contributed by atoms with Gasteiger partial charge in [-0.2, -0.15) is 0 Å². The molecule has 0 aliphatic heterocycles. The molecule has 0 spiro atoms. The second-order valence-electron chi connectivity index (χ2n) is 9.54. The average Bonchev–Trinajstić information content (AvgIpc) is 2.90. The number of anilines is 2. The largest absolute Gasteiger partial charge is 0.497 e. The minimum atomic E-state index is -0.526. The monoisotopic (exact) mass is 534 g/mol. The van der Waals surface area contributed by atoms with E-state index in [4.69, 9.17) is 14.2 Å². The van der Waals surface area contributed by atoms with Crippen LogP contribution in [0.1, 0.15) is 54.3 Å². The lowest BCUT2D eigenvalue weighted by molar-refractivity contribution is 0.0526. The van der Waals surface area contributed by atoms with Gasteiger partial charge < -0.3 is 30.2 Å². The van der Waals surface area contributed by atoms with Crippen molar-refractivity contribution in [1.29, 1.82) is 0 Å². The van der Waals surface area contributed by atoms with Gasteiger partial charge in [0.15, 0.2) is 0 Å². The molecular weight excluding hydrogens is 500 g/mol. The number of methoxy groups -OCH3 is 1. The van der Waals surface area contributed by atoms with Crippen molar-refractivity contribution in [2.75, 3.05) is 30.9 Å². The van der Waals surface area contributed by atoms with E-state index in [-0.39, 0.29) is 11.5 Å². The molecule has 0 radical (unpaired) electrons. The van der Waals surface area contributed by atoms with E-state index >= 15 is 0 Å². The van der Waals surface area contributed by atoms with Gasteiger partial charge in [-0.05, 0) is 88.2 Å². The summed E-state index contributed by atoms with van der Waals surface area (Å²) in [6, 6.07) is 16.7. The van der Waals surface area contributed by atoms with E-state index in [1.54, 1.807) is 66.9 Å². The summed E-state index contributed by atoms with van der Waals surface area (Å²) in [6.07, 6.45) is 2.60. The van der Waals surface area contributed by atoms with Crippen LogP contribution < -0.4 is 25.4 Å². The summed E-state index contributed by atoms with van der Waals surface area (Å²) >= 11 is 0. The van der Waals surface area contributed by atoms with Crippen LogP contribution in [0.4, 0.5) is 16.3 Å². The number of rotatable bonds is 11. The van der Waals surface area contributed by atoms with E-state index in [1.165, 1.54) is 7.11 Å². The highest BCUT2D eigenvalue weighted by Gasteiger charge is 2.17. The summed E-state index contributed by atoms with van der Waals surface area (Å²) in [4.78, 5) is 41.6. The molecule has 10 heteroatoms. The van der Waals surface area contributed by atoms with Crippen LogP contribution in [-0.4, -0.2) is 48.8 Å². The van der Waals surface area contributed by atoms with Gasteiger partial charge in [-0.15, -0.1) is 0 Å². The molecule has 2 aromatic carbocycles. The van der Waals surface area contributed by atoms with Crippen LogP contribution in [0.2, 0.25) is 0 Å². The normalized spacial score (nSPS) is 10.8. The first kappa shape index (κ1) is 29.0. The molecule has 0 bridgehead atoms. The number of pyridine rings is 1. The number of carbonyl (C=O) groups is 3. The van der Waals surface area contributed by atoms with Gasteiger partial charge in [0.2, 0.25) is 0 Å². The fourth-order valence-electron chi connectivity index (χ4n) is 3.39. The molecule has 0 unspecified atom stereocenters. The van der Waals surface area contributed by atoms with Gasteiger partial charge in [0.05, 0.1) is 25.0 Å². The Morgan fingerprint density at radius 1 is 0.872 bits per heavy atom. The van der Waals surface area contributed by atoms with E-state index in [0.717, 1.165) is 12.8 Å². The number of aromatic nitrogens is 1. The zero-order valence-corrected chi connectivity index (χ0v) is 22.6. The average molecular weight is 535 g/mol. The Kier molecular flexibility index (Phi) is 10.3. The third-order valence-electron chi connectivity index (χ3n) is 5.25. The molecule has 0 atom stereocenters. The maximum atomic E-state index is 12.9. The van der Waals surface area contributed by atoms with Crippen molar-refractivity contribution >= 4 is 29.4 Å². The van der Waals surface area contributed by atoms with Gasteiger partial charge in [-0.25, -0.2) is 9.78 Å². The molecule has 0 saturated carbocycles. The minimum absolute atomic E-state index is 0.231. The van der Waals surface area contributed by atoms with Gasteiger partial charge in [-0.1, -0.05) is 6.07 Å². The molecule has 3 rings (SSSR count). The van der Waals surface area contributed by atoms with Crippen LogP contribution in [0.25, 0.3) is 0 Å². The molecule has 0 aliphatic carbocycles. The fourth-order valence-corrected chi connectivity index (χ4v) is 3.39. The molecular formula is C29H34N4O6. The fraction of sp³-hybridized carbons (Fsp3) is 0.310.